The number of allylic oxidation sites excluding steroid dienone is 1. The molecule has 0 atom stereocenters. The highest BCUT2D eigenvalue weighted by Crippen LogP contribution is 2.08. The Kier molecular flexibility index (Phi) is 2.67. The van der Waals surface area contributed by atoms with Gasteiger partial charge in [0.2, 0.25) is 0 Å². The summed E-state index contributed by atoms with van der Waals surface area (Å²) < 4.78 is 0. The first-order valence-electron chi connectivity index (χ1n) is 3.68. The van der Waals surface area contributed by atoms with E-state index in [9.17, 15) is 4.79 Å². The van der Waals surface area contributed by atoms with Gasteiger partial charge < -0.3 is 4.90 Å². The number of carbonyl (C=O) groups excluding carboxylic acids is 1. The van der Waals surface area contributed by atoms with Gasteiger partial charge in [-0.3, -0.25) is 4.79 Å². The van der Waals surface area contributed by atoms with Crippen LogP contribution in [-0.4, -0.2) is 24.3 Å². The summed E-state index contributed by atoms with van der Waals surface area (Å²) in [5, 5.41) is 8.41. The lowest BCUT2D eigenvalue weighted by molar-refractivity contribution is -0.104. The third-order valence-corrected chi connectivity index (χ3v) is 1.72. The standard InChI is InChI=1S/C8H10N2O/c9-5-8(7-11)6-10-3-1-2-4-10/h6-7H,1-4H2/b8-6+. The van der Waals surface area contributed by atoms with E-state index in [0.29, 0.717) is 6.29 Å². The van der Waals surface area contributed by atoms with Crippen molar-refractivity contribution in [3.63, 3.8) is 0 Å². The lowest BCUT2D eigenvalue weighted by atomic mass is 10.3. The van der Waals surface area contributed by atoms with E-state index in [1.54, 1.807) is 6.20 Å². The zero-order valence-corrected chi connectivity index (χ0v) is 6.29. The molecule has 0 N–H and O–H groups in total. The minimum absolute atomic E-state index is 0.215. The fourth-order valence-electron chi connectivity index (χ4n) is 1.15. The highest BCUT2D eigenvalue weighted by atomic mass is 16.1. The average molecular weight is 150 g/mol. The Morgan fingerprint density at radius 3 is 2.55 bits per heavy atom. The van der Waals surface area contributed by atoms with Crippen molar-refractivity contribution in [3.8, 4) is 6.07 Å². The number of aldehydes is 1. The van der Waals surface area contributed by atoms with Gasteiger partial charge in [-0.1, -0.05) is 0 Å². The Balaban J connectivity index is 2.55. The number of hydrogen-bond donors (Lipinski definition) is 0. The molecule has 0 saturated carbocycles. The maximum atomic E-state index is 10.2. The predicted molar refractivity (Wildman–Crippen MR) is 40.6 cm³/mol. The summed E-state index contributed by atoms with van der Waals surface area (Å²) in [4.78, 5) is 12.2. The zero-order valence-electron chi connectivity index (χ0n) is 6.29. The van der Waals surface area contributed by atoms with Gasteiger partial charge in [-0.05, 0) is 12.8 Å². The molecule has 3 nitrogen and oxygen atoms in total. The monoisotopic (exact) mass is 150 g/mol. The van der Waals surface area contributed by atoms with Gasteiger partial charge in [-0.15, -0.1) is 0 Å². The number of likely N-dealkylation sites (tertiary alicyclic amines) is 1. The second kappa shape index (κ2) is 3.77. The molecule has 1 aliphatic rings. The molecule has 0 bridgehead atoms. The van der Waals surface area contributed by atoms with Crippen LogP contribution in [0.4, 0.5) is 0 Å². The molecule has 3 heteroatoms. The fraction of sp³-hybridized carbons (Fsp3) is 0.500. The molecule has 1 heterocycles. The molecule has 1 fully saturated rings. The molecule has 58 valence electrons. The van der Waals surface area contributed by atoms with Crippen molar-refractivity contribution < 1.29 is 4.79 Å². The molecule has 1 saturated heterocycles. The highest BCUT2D eigenvalue weighted by Gasteiger charge is 2.07. The Morgan fingerprint density at radius 2 is 2.09 bits per heavy atom. The summed E-state index contributed by atoms with van der Waals surface area (Å²) in [7, 11) is 0. The molecular formula is C8H10N2O. The molecule has 0 aromatic heterocycles. The maximum absolute atomic E-state index is 10.2. The molecule has 0 unspecified atom stereocenters. The minimum atomic E-state index is 0.215. The lowest BCUT2D eigenvalue weighted by Crippen LogP contribution is -2.11. The molecule has 11 heavy (non-hydrogen) atoms. The molecule has 0 aromatic rings. The Labute approximate surface area is 65.9 Å². The second-order valence-corrected chi connectivity index (χ2v) is 2.56. The Bertz CT molecular complexity index is 209. The smallest absolute Gasteiger partial charge is 0.162 e. The van der Waals surface area contributed by atoms with Crippen LogP contribution in [0, 0.1) is 11.3 Å². The molecule has 0 aliphatic carbocycles. The topological polar surface area (TPSA) is 44.1 Å². The molecule has 0 radical (unpaired) electrons. The summed E-state index contributed by atoms with van der Waals surface area (Å²) in [5.41, 5.74) is 0.215. The van der Waals surface area contributed by atoms with Crippen molar-refractivity contribution in [1.29, 1.82) is 5.26 Å². The van der Waals surface area contributed by atoms with Gasteiger partial charge >= 0.3 is 0 Å². The van der Waals surface area contributed by atoms with Crippen LogP contribution in [0.15, 0.2) is 11.8 Å². The summed E-state index contributed by atoms with van der Waals surface area (Å²) in [6.45, 7) is 1.94. The van der Waals surface area contributed by atoms with Gasteiger partial charge in [0.1, 0.15) is 11.6 Å². The number of nitriles is 1. The van der Waals surface area contributed by atoms with Crippen molar-refractivity contribution >= 4 is 6.29 Å². The lowest BCUT2D eigenvalue weighted by Gasteiger charge is -2.09. The molecule has 0 amide bonds. The quantitative estimate of drug-likeness (QED) is 0.330. The number of carbonyl (C=O) groups is 1. The van der Waals surface area contributed by atoms with Crippen LogP contribution < -0.4 is 0 Å². The summed E-state index contributed by atoms with van der Waals surface area (Å²) in [5.74, 6) is 0. The first-order valence-corrected chi connectivity index (χ1v) is 3.68. The van der Waals surface area contributed by atoms with Gasteiger partial charge in [0.15, 0.2) is 6.29 Å². The first-order chi connectivity index (χ1) is 5.36. The molecule has 0 spiro atoms. The fourth-order valence-corrected chi connectivity index (χ4v) is 1.15. The molecule has 1 rings (SSSR count). The SMILES string of the molecule is N#C/C(C=O)=C\N1CCCC1. The Hall–Kier alpha value is -1.30. The van der Waals surface area contributed by atoms with Crippen LogP contribution in [0.3, 0.4) is 0 Å². The van der Waals surface area contributed by atoms with Crippen LogP contribution in [0.1, 0.15) is 12.8 Å². The van der Waals surface area contributed by atoms with E-state index in [1.165, 1.54) is 0 Å². The van der Waals surface area contributed by atoms with Crippen LogP contribution in [0.5, 0.6) is 0 Å². The zero-order chi connectivity index (χ0) is 8.10. The molecule has 1 aliphatic heterocycles. The van der Waals surface area contributed by atoms with Crippen LogP contribution in [0.25, 0.3) is 0 Å². The van der Waals surface area contributed by atoms with Gasteiger partial charge in [0.05, 0.1) is 0 Å². The van der Waals surface area contributed by atoms with Crippen LogP contribution >= 0.6 is 0 Å². The van der Waals surface area contributed by atoms with E-state index >= 15 is 0 Å². The van der Waals surface area contributed by atoms with E-state index < -0.39 is 0 Å². The third-order valence-electron chi connectivity index (χ3n) is 1.72. The number of rotatable bonds is 2. The van der Waals surface area contributed by atoms with Gasteiger partial charge in [0.25, 0.3) is 0 Å². The van der Waals surface area contributed by atoms with Crippen molar-refractivity contribution in [3.05, 3.63) is 11.8 Å². The molecule has 0 aromatic carbocycles. The third kappa shape index (κ3) is 2.08. The Morgan fingerprint density at radius 1 is 1.45 bits per heavy atom. The summed E-state index contributed by atoms with van der Waals surface area (Å²) >= 11 is 0. The van der Waals surface area contributed by atoms with Crippen LogP contribution in [-0.2, 0) is 4.79 Å². The van der Waals surface area contributed by atoms with Crippen molar-refractivity contribution in [2.24, 2.45) is 0 Å². The highest BCUT2D eigenvalue weighted by molar-refractivity contribution is 5.78. The summed E-state index contributed by atoms with van der Waals surface area (Å²) in [6, 6.07) is 1.83. The second-order valence-electron chi connectivity index (χ2n) is 2.56. The predicted octanol–water partition coefficient (Wildman–Crippen LogP) is 0.689. The molecular weight excluding hydrogens is 140 g/mol. The van der Waals surface area contributed by atoms with Crippen molar-refractivity contribution in [2.45, 2.75) is 12.8 Å². The van der Waals surface area contributed by atoms with Gasteiger partial charge in [0, 0.05) is 19.3 Å². The van der Waals surface area contributed by atoms with E-state index in [4.69, 9.17) is 5.26 Å². The first kappa shape index (κ1) is 7.80. The minimum Gasteiger partial charge on any atom is -0.376 e. The van der Waals surface area contributed by atoms with Gasteiger partial charge in [-0.2, -0.15) is 5.26 Å². The maximum Gasteiger partial charge on any atom is 0.162 e. The van der Waals surface area contributed by atoms with E-state index in [-0.39, 0.29) is 5.57 Å². The van der Waals surface area contributed by atoms with Crippen LogP contribution in [0.2, 0.25) is 0 Å². The van der Waals surface area contributed by atoms with E-state index in [1.807, 2.05) is 11.0 Å². The van der Waals surface area contributed by atoms with Gasteiger partial charge in [-0.25, -0.2) is 0 Å². The number of hydrogen-bond acceptors (Lipinski definition) is 3. The summed E-state index contributed by atoms with van der Waals surface area (Å²) in [6.07, 6.45) is 4.56. The van der Waals surface area contributed by atoms with Crippen molar-refractivity contribution in [2.75, 3.05) is 13.1 Å². The van der Waals surface area contributed by atoms with Crippen molar-refractivity contribution in [1.82, 2.24) is 4.90 Å². The average Bonchev–Trinajstić information content (AvgIpc) is 2.52. The van der Waals surface area contributed by atoms with E-state index in [0.717, 1.165) is 25.9 Å². The largest absolute Gasteiger partial charge is 0.376 e. The normalized spacial score (nSPS) is 18.1. The van der Waals surface area contributed by atoms with E-state index in [2.05, 4.69) is 0 Å². The number of nitrogens with zero attached hydrogens (tertiary/aromatic N) is 2.